The maximum atomic E-state index is 11.4. The van der Waals surface area contributed by atoms with Gasteiger partial charge < -0.3 is 9.84 Å². The van der Waals surface area contributed by atoms with Crippen molar-refractivity contribution >= 4 is 23.4 Å². The Morgan fingerprint density at radius 2 is 2.35 bits per heavy atom. The lowest BCUT2D eigenvalue weighted by atomic mass is 10.1. The molecule has 0 spiro atoms. The molecule has 0 aromatic heterocycles. The number of amides is 1. The second kappa shape index (κ2) is 5.20. The Balaban J connectivity index is 2.43. The summed E-state index contributed by atoms with van der Waals surface area (Å²) in [5.74, 6) is 0. The third-order valence-corrected chi connectivity index (χ3v) is 3.52. The first kappa shape index (κ1) is 14.5. The predicted octanol–water partition coefficient (Wildman–Crippen LogP) is 4.07. The van der Waals surface area contributed by atoms with Crippen LogP contribution in [0.4, 0.5) is 10.5 Å². The third-order valence-electron chi connectivity index (χ3n) is 3.20. The Bertz CT molecular complexity index is 598. The van der Waals surface area contributed by atoms with Gasteiger partial charge in [-0.05, 0) is 37.1 Å². The maximum Gasteiger partial charge on any atom is 0.410 e. The van der Waals surface area contributed by atoms with Crippen molar-refractivity contribution in [3.05, 3.63) is 39.2 Å². The third kappa shape index (κ3) is 2.51. The van der Waals surface area contributed by atoms with Crippen molar-refractivity contribution in [3.63, 3.8) is 0 Å². The predicted molar refractivity (Wildman–Crippen MR) is 72.9 cm³/mol. The first-order valence-electron chi connectivity index (χ1n) is 5.87. The highest BCUT2D eigenvalue weighted by Gasteiger charge is 2.44. The molecule has 0 aliphatic carbocycles. The summed E-state index contributed by atoms with van der Waals surface area (Å²) >= 11 is 5.91. The van der Waals surface area contributed by atoms with E-state index in [-0.39, 0.29) is 12.3 Å². The van der Waals surface area contributed by atoms with Crippen LogP contribution in [0.1, 0.15) is 25.5 Å². The van der Waals surface area contributed by atoms with Crippen LogP contribution >= 0.6 is 11.6 Å². The van der Waals surface area contributed by atoms with Gasteiger partial charge in [0.1, 0.15) is 5.72 Å². The second-order valence-electron chi connectivity index (χ2n) is 4.83. The quantitative estimate of drug-likeness (QED) is 0.506. The fraction of sp³-hybridized carbons (Fsp3) is 0.417. The van der Waals surface area contributed by atoms with E-state index in [1.54, 1.807) is 32.0 Å². The molecule has 20 heavy (non-hydrogen) atoms. The summed E-state index contributed by atoms with van der Waals surface area (Å²) in [6.45, 7) is 3.60. The molecule has 1 heterocycles. The molecule has 1 N–H and O–H groups in total. The maximum absolute atomic E-state index is 11.4. The van der Waals surface area contributed by atoms with Gasteiger partial charge in [-0.2, -0.15) is 0 Å². The standard InChI is InChI=1S/C12H13ClN4O3/c1-12(2)17(11(18)19)10(6-20-12)7-3-4-8(13)9(5-7)15-16-14/h3-5,10H,6H2,1-2H3,(H,18,19). The van der Waals surface area contributed by atoms with Gasteiger partial charge in [0.15, 0.2) is 0 Å². The summed E-state index contributed by atoms with van der Waals surface area (Å²) in [5.41, 5.74) is 8.52. The number of hydrogen-bond acceptors (Lipinski definition) is 3. The fourth-order valence-electron chi connectivity index (χ4n) is 2.27. The van der Waals surface area contributed by atoms with E-state index in [4.69, 9.17) is 21.9 Å². The van der Waals surface area contributed by atoms with Crippen molar-refractivity contribution in [3.8, 4) is 0 Å². The van der Waals surface area contributed by atoms with Crippen LogP contribution < -0.4 is 0 Å². The average molecular weight is 297 g/mol. The van der Waals surface area contributed by atoms with Gasteiger partial charge in [0.05, 0.1) is 23.4 Å². The van der Waals surface area contributed by atoms with Crippen LogP contribution in [0.15, 0.2) is 23.3 Å². The number of benzene rings is 1. The van der Waals surface area contributed by atoms with E-state index in [1.807, 2.05) is 0 Å². The van der Waals surface area contributed by atoms with Crippen LogP contribution in [-0.2, 0) is 4.74 Å². The molecule has 1 fully saturated rings. The minimum Gasteiger partial charge on any atom is -0.465 e. The molecule has 0 saturated carbocycles. The van der Waals surface area contributed by atoms with Crippen LogP contribution in [0.3, 0.4) is 0 Å². The Morgan fingerprint density at radius 3 is 2.95 bits per heavy atom. The Labute approximate surface area is 120 Å². The number of hydrogen-bond donors (Lipinski definition) is 1. The van der Waals surface area contributed by atoms with Crippen molar-refractivity contribution in [1.29, 1.82) is 0 Å². The average Bonchev–Trinajstić information content (AvgIpc) is 2.68. The van der Waals surface area contributed by atoms with Crippen molar-refractivity contribution in [2.75, 3.05) is 6.61 Å². The van der Waals surface area contributed by atoms with Crippen molar-refractivity contribution < 1.29 is 14.6 Å². The largest absolute Gasteiger partial charge is 0.465 e. The Kier molecular flexibility index (Phi) is 3.76. The van der Waals surface area contributed by atoms with E-state index in [9.17, 15) is 9.90 Å². The van der Waals surface area contributed by atoms with Gasteiger partial charge in [0.2, 0.25) is 0 Å². The van der Waals surface area contributed by atoms with E-state index in [0.29, 0.717) is 10.6 Å². The SMILES string of the molecule is CC1(C)OCC(c2ccc(Cl)c(N=[N+]=[N-])c2)N1C(=O)O. The monoisotopic (exact) mass is 296 g/mol. The molecule has 1 unspecified atom stereocenters. The minimum atomic E-state index is -1.07. The van der Waals surface area contributed by atoms with Crippen LogP contribution in [0.25, 0.3) is 10.4 Å². The van der Waals surface area contributed by atoms with Crippen molar-refractivity contribution in [2.45, 2.75) is 25.6 Å². The number of carboxylic acid groups (broad SMARTS) is 1. The van der Waals surface area contributed by atoms with Gasteiger partial charge in [0.25, 0.3) is 0 Å². The molecule has 1 amide bonds. The molecule has 7 nitrogen and oxygen atoms in total. The van der Waals surface area contributed by atoms with Gasteiger partial charge in [-0.15, -0.1) is 0 Å². The molecule has 106 valence electrons. The van der Waals surface area contributed by atoms with Gasteiger partial charge in [-0.1, -0.05) is 22.8 Å². The van der Waals surface area contributed by atoms with E-state index in [0.717, 1.165) is 0 Å². The van der Waals surface area contributed by atoms with E-state index >= 15 is 0 Å². The Hall–Kier alpha value is -1.95. The number of azide groups is 1. The summed E-state index contributed by atoms with van der Waals surface area (Å²) in [4.78, 5) is 15.3. The highest BCUT2D eigenvalue weighted by molar-refractivity contribution is 6.33. The number of rotatable bonds is 2. The zero-order chi connectivity index (χ0) is 14.9. The fourth-order valence-corrected chi connectivity index (χ4v) is 2.43. The van der Waals surface area contributed by atoms with Gasteiger partial charge >= 0.3 is 6.09 Å². The molecule has 2 rings (SSSR count). The molecule has 1 aliphatic rings. The molecule has 1 aliphatic heterocycles. The lowest BCUT2D eigenvalue weighted by Gasteiger charge is -2.31. The smallest absolute Gasteiger partial charge is 0.410 e. The lowest BCUT2D eigenvalue weighted by Crippen LogP contribution is -2.43. The zero-order valence-electron chi connectivity index (χ0n) is 10.9. The van der Waals surface area contributed by atoms with E-state index < -0.39 is 17.9 Å². The second-order valence-corrected chi connectivity index (χ2v) is 5.23. The van der Waals surface area contributed by atoms with Crippen LogP contribution in [0, 0.1) is 0 Å². The lowest BCUT2D eigenvalue weighted by molar-refractivity contribution is -0.0420. The number of nitrogens with zero attached hydrogens (tertiary/aromatic N) is 4. The van der Waals surface area contributed by atoms with Gasteiger partial charge in [-0.3, -0.25) is 4.90 Å². The molecule has 0 radical (unpaired) electrons. The summed E-state index contributed by atoms with van der Waals surface area (Å²) in [7, 11) is 0. The Morgan fingerprint density at radius 1 is 1.65 bits per heavy atom. The van der Waals surface area contributed by atoms with E-state index in [1.165, 1.54) is 4.90 Å². The number of halogens is 1. The molecule has 0 bridgehead atoms. The van der Waals surface area contributed by atoms with Gasteiger partial charge in [-0.25, -0.2) is 4.79 Å². The zero-order valence-corrected chi connectivity index (χ0v) is 11.7. The van der Waals surface area contributed by atoms with Crippen LogP contribution in [0.2, 0.25) is 5.02 Å². The first-order valence-corrected chi connectivity index (χ1v) is 6.25. The molecule has 1 atom stereocenters. The van der Waals surface area contributed by atoms with E-state index in [2.05, 4.69) is 10.0 Å². The van der Waals surface area contributed by atoms with Crippen LogP contribution in [0.5, 0.6) is 0 Å². The normalized spacial score (nSPS) is 20.6. The highest BCUT2D eigenvalue weighted by Crippen LogP contribution is 2.39. The van der Waals surface area contributed by atoms with Gasteiger partial charge in [0, 0.05) is 4.91 Å². The summed E-state index contributed by atoms with van der Waals surface area (Å²) in [6.07, 6.45) is -1.07. The number of ether oxygens (including phenoxy) is 1. The topological polar surface area (TPSA) is 98.5 Å². The van der Waals surface area contributed by atoms with Crippen molar-refractivity contribution in [2.24, 2.45) is 5.11 Å². The van der Waals surface area contributed by atoms with Crippen LogP contribution in [-0.4, -0.2) is 28.4 Å². The highest BCUT2D eigenvalue weighted by atomic mass is 35.5. The molecule has 8 heteroatoms. The number of carbonyl (C=O) groups is 1. The van der Waals surface area contributed by atoms with Crippen molar-refractivity contribution in [1.82, 2.24) is 4.90 Å². The summed E-state index contributed by atoms with van der Waals surface area (Å²) < 4.78 is 5.52. The molecular weight excluding hydrogens is 284 g/mol. The first-order chi connectivity index (χ1) is 9.36. The molecular formula is C12H13ClN4O3. The summed E-state index contributed by atoms with van der Waals surface area (Å²) in [6, 6.07) is 4.39. The minimum absolute atomic E-state index is 0.233. The summed E-state index contributed by atoms with van der Waals surface area (Å²) in [5, 5.41) is 13.1. The molecule has 1 saturated heterocycles. The molecule has 1 aromatic rings. The molecule has 1 aromatic carbocycles.